The van der Waals surface area contributed by atoms with Crippen LogP contribution in [0.15, 0.2) is 46.3 Å². The van der Waals surface area contributed by atoms with Crippen LogP contribution in [0.4, 0.5) is 13.2 Å². The van der Waals surface area contributed by atoms with E-state index in [0.717, 1.165) is 4.90 Å². The molecule has 1 unspecified atom stereocenters. The van der Waals surface area contributed by atoms with Crippen molar-refractivity contribution in [1.29, 1.82) is 0 Å². The van der Waals surface area contributed by atoms with Gasteiger partial charge in [-0.15, -0.1) is 11.3 Å². The second-order valence-electron chi connectivity index (χ2n) is 6.40. The van der Waals surface area contributed by atoms with Crippen molar-refractivity contribution in [2.24, 2.45) is 10.7 Å². The number of thiazole rings is 1. The van der Waals surface area contributed by atoms with Crippen molar-refractivity contribution in [3.8, 4) is 11.3 Å². The molecule has 0 bridgehead atoms. The minimum Gasteiger partial charge on any atom is -0.369 e. The molecule has 29 heavy (non-hydrogen) atoms. The number of guanidine groups is 1. The molecular weight excluding hydrogens is 403 g/mol. The first-order valence-electron chi connectivity index (χ1n) is 8.41. The van der Waals surface area contributed by atoms with E-state index in [1.165, 1.54) is 48.3 Å². The van der Waals surface area contributed by atoms with Gasteiger partial charge in [0.1, 0.15) is 18.3 Å². The van der Waals surface area contributed by atoms with Crippen molar-refractivity contribution in [3.63, 3.8) is 0 Å². The molecule has 0 aliphatic carbocycles. The van der Waals surface area contributed by atoms with Crippen molar-refractivity contribution >= 4 is 23.2 Å². The predicted molar refractivity (Wildman–Crippen MR) is 102 cm³/mol. The van der Waals surface area contributed by atoms with E-state index < -0.39 is 29.8 Å². The fourth-order valence-corrected chi connectivity index (χ4v) is 3.86. The zero-order chi connectivity index (χ0) is 20.8. The van der Waals surface area contributed by atoms with Crippen LogP contribution >= 0.6 is 11.3 Å². The van der Waals surface area contributed by atoms with Crippen LogP contribution in [-0.4, -0.2) is 33.8 Å². The number of amides is 1. The first-order chi connectivity index (χ1) is 13.9. The normalized spacial score (nSPS) is 19.0. The van der Waals surface area contributed by atoms with Crippen LogP contribution in [0.1, 0.15) is 16.8 Å². The molecule has 0 fully saturated rings. The van der Waals surface area contributed by atoms with Gasteiger partial charge in [0.25, 0.3) is 5.91 Å². The van der Waals surface area contributed by atoms with Gasteiger partial charge in [-0.2, -0.15) is 0 Å². The van der Waals surface area contributed by atoms with E-state index in [9.17, 15) is 13.6 Å². The summed E-state index contributed by atoms with van der Waals surface area (Å²) in [4.78, 5) is 26.5. The van der Waals surface area contributed by atoms with Gasteiger partial charge in [0.2, 0.25) is 0 Å². The average Bonchev–Trinajstić information content (AvgIpc) is 3.32. The molecule has 1 aliphatic heterocycles. The number of likely N-dealkylation sites (N-methyl/N-ethyl adjacent to an activating group) is 1. The number of alkyl halides is 1. The molecule has 0 spiro atoms. The zero-order valence-electron chi connectivity index (χ0n) is 15.1. The third kappa shape index (κ3) is 2.87. The number of pyridine rings is 1. The molecule has 148 valence electrons. The van der Waals surface area contributed by atoms with E-state index >= 15 is 4.39 Å². The minimum atomic E-state index is -1.94. The van der Waals surface area contributed by atoms with Gasteiger partial charge in [-0.1, -0.05) is 0 Å². The highest BCUT2D eigenvalue weighted by molar-refractivity contribution is 7.07. The number of hydrogen-bond acceptors (Lipinski definition) is 6. The van der Waals surface area contributed by atoms with Crippen LogP contribution in [0.25, 0.3) is 11.3 Å². The van der Waals surface area contributed by atoms with E-state index in [-0.39, 0.29) is 28.3 Å². The Balaban J connectivity index is 2.04. The lowest BCUT2D eigenvalue weighted by Gasteiger charge is -2.27. The van der Waals surface area contributed by atoms with Gasteiger partial charge < -0.3 is 5.73 Å². The number of carbonyl (C=O) groups excluding carboxylic acids is 1. The second-order valence-corrected chi connectivity index (χ2v) is 7.12. The number of halogens is 3. The van der Waals surface area contributed by atoms with Gasteiger partial charge in [0.05, 0.1) is 16.9 Å². The van der Waals surface area contributed by atoms with Crippen LogP contribution in [0.5, 0.6) is 0 Å². The zero-order valence-corrected chi connectivity index (χ0v) is 15.9. The summed E-state index contributed by atoms with van der Waals surface area (Å²) in [6.07, 6.45) is 1.30. The smallest absolute Gasteiger partial charge is 0.266 e. The topological polar surface area (TPSA) is 84.5 Å². The van der Waals surface area contributed by atoms with Crippen molar-refractivity contribution in [2.75, 3.05) is 7.05 Å². The quantitative estimate of drug-likeness (QED) is 0.707. The standard InChI is InChI=1S/C19H14F3N5OS/c1-27-17(28)19(26-18(27)23,10-2-3-24-11(4-10)7-20)13-5-12(14(21)6-15(13)22)16-8-29-9-25-16/h2-6,8-9H,7H2,1H3,(H2,23,26). The number of carbonyl (C=O) groups is 1. The minimum absolute atomic E-state index is 0.0120. The molecule has 1 aliphatic rings. The third-order valence-electron chi connectivity index (χ3n) is 4.77. The Morgan fingerprint density at radius 3 is 2.62 bits per heavy atom. The number of nitrogens with two attached hydrogens (primary N) is 1. The molecule has 6 nitrogen and oxygen atoms in total. The molecule has 1 amide bonds. The summed E-state index contributed by atoms with van der Waals surface area (Å²) in [5.41, 5.74) is 5.74. The Labute approximate surface area is 167 Å². The van der Waals surface area contributed by atoms with Crippen LogP contribution in [0.2, 0.25) is 0 Å². The van der Waals surface area contributed by atoms with Gasteiger partial charge in [0, 0.05) is 35.8 Å². The summed E-state index contributed by atoms with van der Waals surface area (Å²) in [6.45, 7) is -0.886. The first kappa shape index (κ1) is 19.1. The number of hydrogen-bond donors (Lipinski definition) is 1. The Bertz CT molecular complexity index is 1130. The van der Waals surface area contributed by atoms with E-state index in [1.807, 2.05) is 0 Å². The highest BCUT2D eigenvalue weighted by Crippen LogP contribution is 2.42. The highest BCUT2D eigenvalue weighted by Gasteiger charge is 2.51. The van der Waals surface area contributed by atoms with Crippen molar-refractivity contribution < 1.29 is 18.0 Å². The summed E-state index contributed by atoms with van der Waals surface area (Å²) >= 11 is 1.24. The Morgan fingerprint density at radius 1 is 1.21 bits per heavy atom. The summed E-state index contributed by atoms with van der Waals surface area (Å²) in [7, 11) is 1.39. The van der Waals surface area contributed by atoms with E-state index in [0.29, 0.717) is 11.8 Å². The van der Waals surface area contributed by atoms with E-state index in [4.69, 9.17) is 5.73 Å². The molecule has 2 N–H and O–H groups in total. The Morgan fingerprint density at radius 2 is 2.00 bits per heavy atom. The molecule has 10 heteroatoms. The maximum absolute atomic E-state index is 15.0. The number of rotatable bonds is 4. The van der Waals surface area contributed by atoms with Crippen LogP contribution in [-0.2, 0) is 17.0 Å². The Kier molecular flexibility index (Phi) is 4.58. The van der Waals surface area contributed by atoms with Gasteiger partial charge >= 0.3 is 0 Å². The summed E-state index contributed by atoms with van der Waals surface area (Å²) in [5, 5.41) is 1.60. The highest BCUT2D eigenvalue weighted by atomic mass is 32.1. The first-order valence-corrected chi connectivity index (χ1v) is 9.35. The van der Waals surface area contributed by atoms with Crippen LogP contribution in [0, 0.1) is 11.6 Å². The Hall–Kier alpha value is -3.27. The number of benzene rings is 1. The molecule has 3 heterocycles. The number of aliphatic imine (C=N–C) groups is 1. The predicted octanol–water partition coefficient (Wildman–Crippen LogP) is 2.98. The summed E-state index contributed by atoms with van der Waals surface area (Å²) in [6, 6.07) is 4.63. The SMILES string of the molecule is CN1C(=O)C(c2ccnc(CF)c2)(c2cc(-c3cscn3)c(F)cc2F)N=C1N. The summed E-state index contributed by atoms with van der Waals surface area (Å²) < 4.78 is 42.7. The molecule has 0 saturated heterocycles. The van der Waals surface area contributed by atoms with Gasteiger partial charge in [0.15, 0.2) is 11.5 Å². The number of aromatic nitrogens is 2. The lowest BCUT2D eigenvalue weighted by Crippen LogP contribution is -2.41. The summed E-state index contributed by atoms with van der Waals surface area (Å²) in [5.74, 6) is -2.61. The number of nitrogens with zero attached hydrogens (tertiary/aromatic N) is 4. The molecule has 4 rings (SSSR count). The molecule has 0 saturated carbocycles. The monoisotopic (exact) mass is 417 g/mol. The fraction of sp³-hybridized carbons (Fsp3) is 0.158. The van der Waals surface area contributed by atoms with Crippen LogP contribution < -0.4 is 5.73 Å². The molecular formula is C19H14F3N5OS. The lowest BCUT2D eigenvalue weighted by atomic mass is 9.81. The maximum Gasteiger partial charge on any atom is 0.266 e. The maximum atomic E-state index is 15.0. The second kappa shape index (κ2) is 6.96. The lowest BCUT2D eigenvalue weighted by molar-refractivity contribution is -0.129. The molecule has 1 aromatic carbocycles. The van der Waals surface area contributed by atoms with Crippen LogP contribution in [0.3, 0.4) is 0 Å². The van der Waals surface area contributed by atoms with E-state index in [2.05, 4.69) is 15.0 Å². The average molecular weight is 417 g/mol. The van der Waals surface area contributed by atoms with Crippen molar-refractivity contribution in [1.82, 2.24) is 14.9 Å². The van der Waals surface area contributed by atoms with Gasteiger partial charge in [-0.3, -0.25) is 14.7 Å². The fourth-order valence-electron chi connectivity index (χ4n) is 3.30. The van der Waals surface area contributed by atoms with Crippen molar-refractivity contribution in [3.05, 3.63) is 69.8 Å². The van der Waals surface area contributed by atoms with Gasteiger partial charge in [-0.05, 0) is 23.8 Å². The van der Waals surface area contributed by atoms with Gasteiger partial charge in [-0.25, -0.2) is 23.1 Å². The van der Waals surface area contributed by atoms with Crippen molar-refractivity contribution in [2.45, 2.75) is 12.2 Å². The third-order valence-corrected chi connectivity index (χ3v) is 5.35. The molecule has 3 aromatic rings. The molecule has 0 radical (unpaired) electrons. The largest absolute Gasteiger partial charge is 0.369 e. The molecule has 2 aromatic heterocycles. The van der Waals surface area contributed by atoms with E-state index in [1.54, 1.807) is 5.38 Å². The molecule has 1 atom stereocenters.